The van der Waals surface area contributed by atoms with Gasteiger partial charge in [0.2, 0.25) is 0 Å². The highest BCUT2D eigenvalue weighted by molar-refractivity contribution is 9.10. The van der Waals surface area contributed by atoms with Gasteiger partial charge in [0.05, 0.1) is 6.61 Å². The molecule has 2 nitrogen and oxygen atoms in total. The summed E-state index contributed by atoms with van der Waals surface area (Å²) in [6.07, 6.45) is 0.871. The van der Waals surface area contributed by atoms with Crippen LogP contribution >= 0.6 is 15.9 Å². The van der Waals surface area contributed by atoms with Crippen molar-refractivity contribution in [3.63, 3.8) is 0 Å². The Balaban J connectivity index is 2.36. The number of halogens is 2. The van der Waals surface area contributed by atoms with E-state index in [1.807, 2.05) is 6.07 Å². The van der Waals surface area contributed by atoms with E-state index in [1.165, 1.54) is 6.07 Å². The molecule has 0 fully saturated rings. The fourth-order valence-electron chi connectivity index (χ4n) is 1.73. The number of hydrogen-bond donors (Lipinski definition) is 1. The summed E-state index contributed by atoms with van der Waals surface area (Å²) in [5.74, 6) is 0.287. The van der Waals surface area contributed by atoms with E-state index >= 15 is 0 Å². The average molecular weight is 304 g/mol. The smallest absolute Gasteiger partial charge is 0.124 e. The summed E-state index contributed by atoms with van der Waals surface area (Å²) in [6.45, 7) is 4.64. The molecule has 0 aliphatic heterocycles. The second kappa shape index (κ2) is 7.80. The first-order chi connectivity index (χ1) is 8.11. The molecule has 17 heavy (non-hydrogen) atoms. The predicted octanol–water partition coefficient (Wildman–Crippen LogP) is 3.00. The van der Waals surface area contributed by atoms with Crippen LogP contribution in [0.4, 0.5) is 4.39 Å². The van der Waals surface area contributed by atoms with Crippen LogP contribution in [0.1, 0.15) is 12.5 Å². The summed E-state index contributed by atoms with van der Waals surface area (Å²) in [6, 6.07) is 5.04. The molecule has 0 aromatic heterocycles. The Bertz CT molecular complexity index is 326. The lowest BCUT2D eigenvalue weighted by Gasteiger charge is -2.13. The van der Waals surface area contributed by atoms with Crippen LogP contribution < -0.4 is 5.32 Å². The molecule has 0 aliphatic rings. The zero-order chi connectivity index (χ0) is 12.7. The van der Waals surface area contributed by atoms with Crippen molar-refractivity contribution in [2.24, 2.45) is 5.92 Å². The molecule has 0 saturated carbocycles. The number of nitrogens with one attached hydrogen (secondary N) is 1. The molecule has 0 amide bonds. The first-order valence-electron chi connectivity index (χ1n) is 5.76. The molecule has 1 aromatic carbocycles. The van der Waals surface area contributed by atoms with Crippen LogP contribution in [0.15, 0.2) is 22.7 Å². The fraction of sp³-hybridized carbons (Fsp3) is 0.538. The SMILES string of the molecule is COCCNCC(C)Cc1cc(F)cc(Br)c1. The molecular weight excluding hydrogens is 285 g/mol. The maximum Gasteiger partial charge on any atom is 0.124 e. The molecule has 0 radical (unpaired) electrons. The van der Waals surface area contributed by atoms with Crippen molar-refractivity contribution < 1.29 is 9.13 Å². The van der Waals surface area contributed by atoms with Crippen molar-refractivity contribution in [2.75, 3.05) is 26.8 Å². The van der Waals surface area contributed by atoms with E-state index < -0.39 is 0 Å². The minimum atomic E-state index is -0.186. The summed E-state index contributed by atoms with van der Waals surface area (Å²) < 4.78 is 18.9. The molecule has 1 rings (SSSR count). The minimum Gasteiger partial charge on any atom is -0.383 e. The monoisotopic (exact) mass is 303 g/mol. The summed E-state index contributed by atoms with van der Waals surface area (Å²) in [5.41, 5.74) is 1.03. The third-order valence-corrected chi connectivity index (χ3v) is 2.94. The Morgan fingerprint density at radius 3 is 2.82 bits per heavy atom. The van der Waals surface area contributed by atoms with Gasteiger partial charge in [-0.15, -0.1) is 0 Å². The van der Waals surface area contributed by atoms with Gasteiger partial charge in [0.15, 0.2) is 0 Å². The van der Waals surface area contributed by atoms with Crippen molar-refractivity contribution in [3.05, 3.63) is 34.1 Å². The van der Waals surface area contributed by atoms with Crippen LogP contribution in [-0.4, -0.2) is 26.8 Å². The van der Waals surface area contributed by atoms with Crippen LogP contribution in [0.2, 0.25) is 0 Å². The van der Waals surface area contributed by atoms with Crippen molar-refractivity contribution in [1.82, 2.24) is 5.32 Å². The highest BCUT2D eigenvalue weighted by atomic mass is 79.9. The average Bonchev–Trinajstić information content (AvgIpc) is 2.23. The lowest BCUT2D eigenvalue weighted by atomic mass is 10.0. The Labute approximate surface area is 111 Å². The van der Waals surface area contributed by atoms with Crippen LogP contribution in [0, 0.1) is 11.7 Å². The van der Waals surface area contributed by atoms with Gasteiger partial charge >= 0.3 is 0 Å². The van der Waals surface area contributed by atoms with Crippen LogP contribution in [-0.2, 0) is 11.2 Å². The molecule has 1 atom stereocenters. The Kier molecular flexibility index (Phi) is 6.70. The molecular formula is C13H19BrFNO. The second-order valence-corrected chi connectivity index (χ2v) is 5.20. The lowest BCUT2D eigenvalue weighted by molar-refractivity contribution is 0.198. The van der Waals surface area contributed by atoms with Gasteiger partial charge in [-0.05, 0) is 42.6 Å². The van der Waals surface area contributed by atoms with E-state index in [4.69, 9.17) is 4.74 Å². The Morgan fingerprint density at radius 2 is 2.18 bits per heavy atom. The molecule has 0 bridgehead atoms. The Hall–Kier alpha value is -0.450. The molecule has 0 aliphatic carbocycles. The summed E-state index contributed by atoms with van der Waals surface area (Å²) >= 11 is 3.30. The molecule has 1 unspecified atom stereocenters. The van der Waals surface area contributed by atoms with E-state index in [-0.39, 0.29) is 5.82 Å². The van der Waals surface area contributed by atoms with Gasteiger partial charge in [-0.1, -0.05) is 22.9 Å². The molecule has 0 spiro atoms. The van der Waals surface area contributed by atoms with Gasteiger partial charge in [-0.25, -0.2) is 4.39 Å². The third kappa shape index (κ3) is 6.15. The number of methoxy groups -OCH3 is 1. The molecule has 96 valence electrons. The normalized spacial score (nSPS) is 12.7. The van der Waals surface area contributed by atoms with Crippen molar-refractivity contribution in [2.45, 2.75) is 13.3 Å². The van der Waals surface area contributed by atoms with E-state index in [2.05, 4.69) is 28.2 Å². The molecule has 1 N–H and O–H groups in total. The summed E-state index contributed by atoms with van der Waals surface area (Å²) in [7, 11) is 1.69. The number of rotatable bonds is 7. The number of ether oxygens (including phenoxy) is 1. The van der Waals surface area contributed by atoms with Gasteiger partial charge in [-0.3, -0.25) is 0 Å². The highest BCUT2D eigenvalue weighted by Crippen LogP contribution is 2.17. The van der Waals surface area contributed by atoms with Gasteiger partial charge in [0, 0.05) is 18.1 Å². The van der Waals surface area contributed by atoms with Gasteiger partial charge < -0.3 is 10.1 Å². The topological polar surface area (TPSA) is 21.3 Å². The minimum absolute atomic E-state index is 0.186. The van der Waals surface area contributed by atoms with Gasteiger partial charge in [-0.2, -0.15) is 0 Å². The fourth-order valence-corrected chi connectivity index (χ4v) is 2.24. The molecule has 0 heterocycles. The van der Waals surface area contributed by atoms with Crippen molar-refractivity contribution in [1.29, 1.82) is 0 Å². The number of hydrogen-bond acceptors (Lipinski definition) is 2. The predicted molar refractivity (Wildman–Crippen MR) is 71.7 cm³/mol. The zero-order valence-corrected chi connectivity index (χ0v) is 11.9. The van der Waals surface area contributed by atoms with Crippen LogP contribution in [0.25, 0.3) is 0 Å². The van der Waals surface area contributed by atoms with Gasteiger partial charge in [0.25, 0.3) is 0 Å². The third-order valence-electron chi connectivity index (χ3n) is 2.48. The maximum absolute atomic E-state index is 13.2. The lowest BCUT2D eigenvalue weighted by Crippen LogP contribution is -2.25. The zero-order valence-electron chi connectivity index (χ0n) is 10.3. The molecule has 0 saturated heterocycles. The quantitative estimate of drug-likeness (QED) is 0.782. The summed E-state index contributed by atoms with van der Waals surface area (Å²) in [4.78, 5) is 0. The largest absolute Gasteiger partial charge is 0.383 e. The van der Waals surface area contributed by atoms with Gasteiger partial charge in [0.1, 0.15) is 5.82 Å². The van der Waals surface area contributed by atoms with E-state index in [9.17, 15) is 4.39 Å². The second-order valence-electron chi connectivity index (χ2n) is 4.28. The first kappa shape index (κ1) is 14.6. The van der Waals surface area contributed by atoms with Crippen molar-refractivity contribution in [3.8, 4) is 0 Å². The Morgan fingerprint density at radius 1 is 1.41 bits per heavy atom. The van der Waals surface area contributed by atoms with Crippen molar-refractivity contribution >= 4 is 15.9 Å². The van der Waals surface area contributed by atoms with E-state index in [0.717, 1.165) is 36.2 Å². The van der Waals surface area contributed by atoms with E-state index in [1.54, 1.807) is 13.2 Å². The van der Waals surface area contributed by atoms with Crippen LogP contribution in [0.5, 0.6) is 0 Å². The van der Waals surface area contributed by atoms with E-state index in [0.29, 0.717) is 5.92 Å². The molecule has 1 aromatic rings. The first-order valence-corrected chi connectivity index (χ1v) is 6.55. The number of benzene rings is 1. The van der Waals surface area contributed by atoms with Crippen LogP contribution in [0.3, 0.4) is 0 Å². The maximum atomic E-state index is 13.2. The standard InChI is InChI=1S/C13H19BrFNO/c1-10(9-16-3-4-17-2)5-11-6-12(14)8-13(15)7-11/h6-8,10,16H,3-5,9H2,1-2H3. The summed E-state index contributed by atoms with van der Waals surface area (Å²) in [5, 5.41) is 3.31. The highest BCUT2D eigenvalue weighted by Gasteiger charge is 2.05. The molecule has 4 heteroatoms.